The van der Waals surface area contributed by atoms with E-state index in [4.69, 9.17) is 5.73 Å². The van der Waals surface area contributed by atoms with Crippen molar-refractivity contribution in [1.29, 1.82) is 0 Å². The largest absolute Gasteiger partial charge is 0.394 e. The van der Waals surface area contributed by atoms with Crippen LogP contribution < -0.4 is 11.2 Å². The van der Waals surface area contributed by atoms with E-state index in [0.717, 1.165) is 13.0 Å². The fraction of sp³-hybridized carbons (Fsp3) is 0.615. The van der Waals surface area contributed by atoms with Crippen LogP contribution in [-0.4, -0.2) is 4.57 Å². The van der Waals surface area contributed by atoms with Gasteiger partial charge in [-0.2, -0.15) is 0 Å². The summed E-state index contributed by atoms with van der Waals surface area (Å²) in [5.74, 6) is 0.656. The van der Waals surface area contributed by atoms with Crippen molar-refractivity contribution >= 4 is 21.6 Å². The van der Waals surface area contributed by atoms with Gasteiger partial charge < -0.3 is 10.3 Å². The number of halogens is 1. The van der Waals surface area contributed by atoms with Crippen LogP contribution in [0.1, 0.15) is 39.5 Å². The third-order valence-corrected chi connectivity index (χ3v) is 3.64. The highest BCUT2D eigenvalue weighted by atomic mass is 79.9. The van der Waals surface area contributed by atoms with E-state index in [0.29, 0.717) is 16.1 Å². The van der Waals surface area contributed by atoms with Crippen LogP contribution in [0.4, 0.5) is 5.69 Å². The fourth-order valence-corrected chi connectivity index (χ4v) is 2.43. The molecule has 1 atom stereocenters. The Morgan fingerprint density at radius 1 is 1.41 bits per heavy atom. The number of hydrogen-bond acceptors (Lipinski definition) is 2. The lowest BCUT2D eigenvalue weighted by Crippen LogP contribution is -2.16. The summed E-state index contributed by atoms with van der Waals surface area (Å²) in [6.07, 6.45) is 8.44. The van der Waals surface area contributed by atoms with E-state index >= 15 is 0 Å². The monoisotopic (exact) mass is 300 g/mol. The summed E-state index contributed by atoms with van der Waals surface area (Å²) in [6, 6.07) is 0. The van der Waals surface area contributed by atoms with E-state index in [9.17, 15) is 4.79 Å². The Hall–Kier alpha value is -0.770. The zero-order chi connectivity index (χ0) is 12.8. The van der Waals surface area contributed by atoms with Gasteiger partial charge >= 0.3 is 0 Å². The standard InChI is InChI=1S/C13H21BrN2O/c1-3-5-6-10(4-2)7-16-8-11(14)13(17)12(15)9-16/h8-10H,3-7,15H2,1-2H3. The van der Waals surface area contributed by atoms with Crippen LogP contribution in [0.5, 0.6) is 0 Å². The minimum Gasteiger partial charge on any atom is -0.394 e. The van der Waals surface area contributed by atoms with E-state index in [1.54, 1.807) is 6.20 Å². The van der Waals surface area contributed by atoms with E-state index in [1.807, 2.05) is 10.8 Å². The van der Waals surface area contributed by atoms with Crippen LogP contribution in [-0.2, 0) is 6.54 Å². The van der Waals surface area contributed by atoms with Crippen LogP contribution in [0.3, 0.4) is 0 Å². The van der Waals surface area contributed by atoms with Crippen molar-refractivity contribution in [1.82, 2.24) is 4.57 Å². The van der Waals surface area contributed by atoms with Crippen molar-refractivity contribution in [3.63, 3.8) is 0 Å². The van der Waals surface area contributed by atoms with Gasteiger partial charge in [-0.1, -0.05) is 33.1 Å². The Morgan fingerprint density at radius 3 is 2.65 bits per heavy atom. The third-order valence-electron chi connectivity index (χ3n) is 3.08. The first kappa shape index (κ1) is 14.3. The smallest absolute Gasteiger partial charge is 0.218 e. The molecule has 17 heavy (non-hydrogen) atoms. The number of unbranched alkanes of at least 4 members (excludes halogenated alkanes) is 1. The number of nitrogens with zero attached hydrogens (tertiary/aromatic N) is 1. The fourth-order valence-electron chi connectivity index (χ4n) is 1.94. The molecule has 3 nitrogen and oxygen atoms in total. The maximum absolute atomic E-state index is 11.5. The van der Waals surface area contributed by atoms with Crippen molar-refractivity contribution in [2.75, 3.05) is 5.73 Å². The molecule has 1 heterocycles. The molecule has 96 valence electrons. The maximum Gasteiger partial charge on any atom is 0.218 e. The summed E-state index contributed by atoms with van der Waals surface area (Å²) in [5, 5.41) is 0. The Labute approximate surface area is 111 Å². The molecule has 0 fully saturated rings. The predicted molar refractivity (Wildman–Crippen MR) is 76.1 cm³/mol. The highest BCUT2D eigenvalue weighted by molar-refractivity contribution is 9.10. The van der Waals surface area contributed by atoms with Gasteiger partial charge in [-0.15, -0.1) is 0 Å². The molecule has 0 aliphatic carbocycles. The minimum absolute atomic E-state index is 0.122. The minimum atomic E-state index is -0.122. The van der Waals surface area contributed by atoms with Gasteiger partial charge in [0.05, 0.1) is 10.2 Å². The highest BCUT2D eigenvalue weighted by Crippen LogP contribution is 2.16. The quantitative estimate of drug-likeness (QED) is 0.875. The van der Waals surface area contributed by atoms with Crippen molar-refractivity contribution < 1.29 is 0 Å². The molecule has 0 saturated heterocycles. The van der Waals surface area contributed by atoms with Crippen LogP contribution in [0, 0.1) is 5.92 Å². The van der Waals surface area contributed by atoms with E-state index < -0.39 is 0 Å². The van der Waals surface area contributed by atoms with Crippen molar-refractivity contribution in [3.05, 3.63) is 27.1 Å². The second-order valence-corrected chi connectivity index (χ2v) is 5.36. The topological polar surface area (TPSA) is 48.0 Å². The molecule has 0 radical (unpaired) electrons. The van der Waals surface area contributed by atoms with Gasteiger partial charge in [0.1, 0.15) is 0 Å². The van der Waals surface area contributed by atoms with Gasteiger partial charge in [0.15, 0.2) is 0 Å². The van der Waals surface area contributed by atoms with Crippen molar-refractivity contribution in [2.24, 2.45) is 5.92 Å². The molecule has 0 aliphatic rings. The predicted octanol–water partition coefficient (Wildman–Crippen LogP) is 3.41. The molecule has 0 amide bonds. The van der Waals surface area contributed by atoms with E-state index in [2.05, 4.69) is 29.8 Å². The molecule has 0 saturated carbocycles. The second-order valence-electron chi connectivity index (χ2n) is 4.50. The lowest BCUT2D eigenvalue weighted by atomic mass is 9.99. The summed E-state index contributed by atoms with van der Waals surface area (Å²) in [4.78, 5) is 11.5. The first-order valence-electron chi connectivity index (χ1n) is 6.23. The number of pyridine rings is 1. The highest BCUT2D eigenvalue weighted by Gasteiger charge is 2.08. The third kappa shape index (κ3) is 4.19. The van der Waals surface area contributed by atoms with Gasteiger partial charge in [0.25, 0.3) is 0 Å². The number of nitrogen functional groups attached to an aromatic ring is 1. The molecule has 4 heteroatoms. The Kier molecular flexibility index (Phi) is 5.75. The molecule has 0 spiro atoms. The molecule has 1 rings (SSSR count). The molecule has 1 aromatic rings. The molecular weight excluding hydrogens is 280 g/mol. The Balaban J connectivity index is 2.76. The van der Waals surface area contributed by atoms with Crippen LogP contribution in [0.15, 0.2) is 21.7 Å². The molecule has 0 aromatic carbocycles. The Bertz CT molecular complexity index is 388. The lowest BCUT2D eigenvalue weighted by molar-refractivity contribution is 0.389. The number of anilines is 1. The number of hydrogen-bond donors (Lipinski definition) is 1. The van der Waals surface area contributed by atoms with Crippen LogP contribution in [0.2, 0.25) is 0 Å². The molecule has 0 aliphatic heterocycles. The normalized spacial score (nSPS) is 12.6. The van der Waals surface area contributed by atoms with Crippen molar-refractivity contribution in [2.45, 2.75) is 46.1 Å². The first-order chi connectivity index (χ1) is 8.08. The van der Waals surface area contributed by atoms with Gasteiger partial charge in [0, 0.05) is 18.9 Å². The summed E-state index contributed by atoms with van der Waals surface area (Å²) in [7, 11) is 0. The summed E-state index contributed by atoms with van der Waals surface area (Å²) < 4.78 is 2.56. The van der Waals surface area contributed by atoms with Gasteiger partial charge in [0.2, 0.25) is 5.43 Å². The van der Waals surface area contributed by atoms with Crippen molar-refractivity contribution in [3.8, 4) is 0 Å². The number of nitrogens with two attached hydrogens (primary N) is 1. The molecular formula is C13H21BrN2O. The van der Waals surface area contributed by atoms with E-state index in [1.165, 1.54) is 19.3 Å². The summed E-state index contributed by atoms with van der Waals surface area (Å²) >= 11 is 3.25. The second kappa shape index (κ2) is 6.84. The Morgan fingerprint density at radius 2 is 2.12 bits per heavy atom. The number of aromatic nitrogens is 1. The maximum atomic E-state index is 11.5. The number of rotatable bonds is 6. The zero-order valence-corrected chi connectivity index (χ0v) is 12.2. The summed E-state index contributed by atoms with van der Waals surface area (Å²) in [5.41, 5.74) is 5.86. The molecule has 0 bridgehead atoms. The van der Waals surface area contributed by atoms with E-state index in [-0.39, 0.29) is 5.43 Å². The van der Waals surface area contributed by atoms with Crippen LogP contribution in [0.25, 0.3) is 0 Å². The SMILES string of the molecule is CCCCC(CC)Cn1cc(N)c(=O)c(Br)c1. The lowest BCUT2D eigenvalue weighted by Gasteiger charge is -2.17. The average Bonchev–Trinajstić information content (AvgIpc) is 2.31. The summed E-state index contributed by atoms with van der Waals surface area (Å²) in [6.45, 7) is 5.35. The van der Waals surface area contributed by atoms with Gasteiger partial charge in [-0.05, 0) is 28.3 Å². The zero-order valence-electron chi connectivity index (χ0n) is 10.6. The molecule has 1 aromatic heterocycles. The van der Waals surface area contributed by atoms with Crippen LogP contribution >= 0.6 is 15.9 Å². The molecule has 2 N–H and O–H groups in total. The van der Waals surface area contributed by atoms with Gasteiger partial charge in [-0.3, -0.25) is 4.79 Å². The average molecular weight is 301 g/mol. The van der Waals surface area contributed by atoms with Gasteiger partial charge in [-0.25, -0.2) is 0 Å². The molecule has 1 unspecified atom stereocenters. The first-order valence-corrected chi connectivity index (χ1v) is 7.02.